The van der Waals surface area contributed by atoms with Gasteiger partial charge in [-0.1, -0.05) is 48.8 Å². The second-order valence-electron chi connectivity index (χ2n) is 7.52. The number of carbonyl (C=O) groups is 1. The molecule has 1 aromatic heterocycles. The number of nitrogens with zero attached hydrogens (tertiary/aromatic N) is 2. The average Bonchev–Trinajstić information content (AvgIpc) is 3.31. The van der Waals surface area contributed by atoms with Crippen LogP contribution in [0.3, 0.4) is 0 Å². The summed E-state index contributed by atoms with van der Waals surface area (Å²) in [7, 11) is -3.07. The minimum absolute atomic E-state index is 0.0488. The minimum Gasteiger partial charge on any atom is -0.355 e. The number of aromatic nitrogens is 1. The molecule has 0 radical (unpaired) electrons. The Balaban J connectivity index is 1.69. The van der Waals surface area contributed by atoms with Crippen LogP contribution in [-0.4, -0.2) is 48.5 Å². The molecule has 2 aromatic carbocycles. The van der Waals surface area contributed by atoms with Gasteiger partial charge in [-0.15, -0.1) is 0 Å². The highest BCUT2D eigenvalue weighted by Gasteiger charge is 2.34. The summed E-state index contributed by atoms with van der Waals surface area (Å²) in [5, 5.41) is 4.88. The summed E-state index contributed by atoms with van der Waals surface area (Å²) < 4.78 is 29.5. The number of hydrogen-bond donors (Lipinski definition) is 0. The lowest BCUT2D eigenvalue weighted by Gasteiger charge is -2.28. The lowest BCUT2D eigenvalue weighted by atomic mass is 10.0. The van der Waals surface area contributed by atoms with Crippen LogP contribution in [0.1, 0.15) is 36.5 Å². The van der Waals surface area contributed by atoms with Gasteiger partial charge in [0, 0.05) is 23.7 Å². The molecule has 2 heterocycles. The molecule has 1 unspecified atom stereocenters. The standard InChI is InChI=1S/C22H24N2O4S/c1-2-3-12-24(18-11-13-29(26,27)15-18)22(25)17-9-10-20-19(14-17)21(28-23-20)16-7-5-4-6-8-16/h4-10,14,18H,2-3,11-13,15H2,1H3. The smallest absolute Gasteiger partial charge is 0.254 e. The van der Waals surface area contributed by atoms with Gasteiger partial charge in [-0.25, -0.2) is 8.42 Å². The third-order valence-corrected chi connectivity index (χ3v) is 7.17. The monoisotopic (exact) mass is 412 g/mol. The van der Waals surface area contributed by atoms with E-state index in [1.807, 2.05) is 30.3 Å². The van der Waals surface area contributed by atoms with Crippen LogP contribution in [0.15, 0.2) is 53.1 Å². The van der Waals surface area contributed by atoms with E-state index in [2.05, 4.69) is 12.1 Å². The first-order valence-electron chi connectivity index (χ1n) is 9.95. The number of hydrogen-bond acceptors (Lipinski definition) is 5. The molecule has 29 heavy (non-hydrogen) atoms. The van der Waals surface area contributed by atoms with Crippen LogP contribution in [0.25, 0.3) is 22.2 Å². The largest absolute Gasteiger partial charge is 0.355 e. The number of carbonyl (C=O) groups excluding carboxylic acids is 1. The van der Waals surface area contributed by atoms with Crippen molar-refractivity contribution in [2.75, 3.05) is 18.1 Å². The molecule has 0 bridgehead atoms. The SMILES string of the molecule is CCCCN(C(=O)c1ccc2noc(-c3ccccc3)c2c1)C1CCS(=O)(=O)C1. The molecule has 1 atom stereocenters. The number of sulfone groups is 1. The minimum atomic E-state index is -3.07. The van der Waals surface area contributed by atoms with Crippen LogP contribution < -0.4 is 0 Å². The lowest BCUT2D eigenvalue weighted by Crippen LogP contribution is -2.41. The molecule has 0 spiro atoms. The fourth-order valence-corrected chi connectivity index (χ4v) is 5.57. The molecule has 0 aliphatic carbocycles. The molecule has 4 rings (SSSR count). The molecular formula is C22H24N2O4S. The van der Waals surface area contributed by atoms with Crippen molar-refractivity contribution in [3.63, 3.8) is 0 Å². The Hall–Kier alpha value is -2.67. The molecule has 6 nitrogen and oxygen atoms in total. The summed E-state index contributed by atoms with van der Waals surface area (Å²) in [6, 6.07) is 14.7. The van der Waals surface area contributed by atoms with Gasteiger partial charge in [0.05, 0.1) is 16.9 Å². The Morgan fingerprint density at radius 1 is 1.21 bits per heavy atom. The second-order valence-corrected chi connectivity index (χ2v) is 9.75. The van der Waals surface area contributed by atoms with Crippen molar-refractivity contribution in [1.29, 1.82) is 0 Å². The molecule has 1 aliphatic rings. The summed E-state index contributed by atoms with van der Waals surface area (Å²) in [6.45, 7) is 2.62. The maximum absolute atomic E-state index is 13.3. The van der Waals surface area contributed by atoms with E-state index in [0.29, 0.717) is 29.8 Å². The first kappa shape index (κ1) is 19.6. The molecule has 152 valence electrons. The zero-order valence-electron chi connectivity index (χ0n) is 16.4. The van der Waals surface area contributed by atoms with Gasteiger partial charge in [0.25, 0.3) is 5.91 Å². The van der Waals surface area contributed by atoms with Gasteiger partial charge in [0.2, 0.25) is 0 Å². The zero-order chi connectivity index (χ0) is 20.4. The van der Waals surface area contributed by atoms with Crippen molar-refractivity contribution in [2.24, 2.45) is 0 Å². The zero-order valence-corrected chi connectivity index (χ0v) is 17.2. The predicted octanol–water partition coefficient (Wildman–Crippen LogP) is 3.92. The highest BCUT2D eigenvalue weighted by Crippen LogP contribution is 2.30. The first-order valence-corrected chi connectivity index (χ1v) is 11.8. The van der Waals surface area contributed by atoms with E-state index in [9.17, 15) is 13.2 Å². The number of fused-ring (bicyclic) bond motifs is 1. The van der Waals surface area contributed by atoms with Crippen molar-refractivity contribution in [2.45, 2.75) is 32.2 Å². The van der Waals surface area contributed by atoms with Crippen LogP contribution in [0.2, 0.25) is 0 Å². The van der Waals surface area contributed by atoms with Crippen molar-refractivity contribution in [3.05, 3.63) is 54.1 Å². The van der Waals surface area contributed by atoms with Crippen LogP contribution in [-0.2, 0) is 9.84 Å². The van der Waals surface area contributed by atoms with Crippen LogP contribution in [0.5, 0.6) is 0 Å². The Morgan fingerprint density at radius 2 is 2.00 bits per heavy atom. The molecule has 0 saturated carbocycles. The molecule has 0 N–H and O–H groups in total. The molecule has 7 heteroatoms. The fraction of sp³-hybridized carbons (Fsp3) is 0.364. The van der Waals surface area contributed by atoms with Crippen LogP contribution in [0, 0.1) is 0 Å². The number of unbranched alkanes of at least 4 members (excludes halogenated alkanes) is 1. The van der Waals surface area contributed by atoms with E-state index in [1.165, 1.54) is 0 Å². The Labute approximate surface area is 170 Å². The summed E-state index contributed by atoms with van der Waals surface area (Å²) in [4.78, 5) is 15.1. The molecule has 1 amide bonds. The topological polar surface area (TPSA) is 80.5 Å². The van der Waals surface area contributed by atoms with Gasteiger partial charge in [-0.2, -0.15) is 0 Å². The summed E-state index contributed by atoms with van der Waals surface area (Å²) >= 11 is 0. The summed E-state index contributed by atoms with van der Waals surface area (Å²) in [5.74, 6) is 0.686. The molecule has 1 aliphatic heterocycles. The van der Waals surface area contributed by atoms with Crippen molar-refractivity contribution >= 4 is 26.6 Å². The first-order chi connectivity index (χ1) is 14.0. The highest BCUT2D eigenvalue weighted by atomic mass is 32.2. The summed E-state index contributed by atoms with van der Waals surface area (Å²) in [5.41, 5.74) is 2.10. The van der Waals surface area contributed by atoms with Gasteiger partial charge in [-0.05, 0) is 31.0 Å². The predicted molar refractivity (Wildman–Crippen MR) is 112 cm³/mol. The van der Waals surface area contributed by atoms with Crippen molar-refractivity contribution in [1.82, 2.24) is 10.1 Å². The van der Waals surface area contributed by atoms with E-state index < -0.39 is 9.84 Å². The number of benzene rings is 2. The van der Waals surface area contributed by atoms with Gasteiger partial charge in [-0.3, -0.25) is 4.79 Å². The van der Waals surface area contributed by atoms with Crippen molar-refractivity contribution < 1.29 is 17.7 Å². The van der Waals surface area contributed by atoms with Crippen LogP contribution in [0.4, 0.5) is 0 Å². The van der Waals surface area contributed by atoms with Gasteiger partial charge < -0.3 is 9.42 Å². The highest BCUT2D eigenvalue weighted by molar-refractivity contribution is 7.91. The van der Waals surface area contributed by atoms with Crippen LogP contribution >= 0.6 is 0 Å². The molecule has 1 saturated heterocycles. The third-order valence-electron chi connectivity index (χ3n) is 5.42. The fourth-order valence-electron chi connectivity index (χ4n) is 3.84. The maximum Gasteiger partial charge on any atom is 0.254 e. The quantitative estimate of drug-likeness (QED) is 0.613. The second kappa shape index (κ2) is 7.99. The normalized spacial score (nSPS) is 18.2. The third kappa shape index (κ3) is 4.05. The number of amides is 1. The Bertz CT molecular complexity index is 1120. The molecule has 1 fully saturated rings. The van der Waals surface area contributed by atoms with Crippen molar-refractivity contribution in [3.8, 4) is 11.3 Å². The van der Waals surface area contributed by atoms with E-state index >= 15 is 0 Å². The van der Waals surface area contributed by atoms with Gasteiger partial charge in [0.15, 0.2) is 15.6 Å². The van der Waals surface area contributed by atoms with E-state index in [-0.39, 0.29) is 23.5 Å². The lowest BCUT2D eigenvalue weighted by molar-refractivity contribution is 0.0694. The van der Waals surface area contributed by atoms with E-state index in [0.717, 1.165) is 23.8 Å². The summed E-state index contributed by atoms with van der Waals surface area (Å²) in [6.07, 6.45) is 2.28. The van der Waals surface area contributed by atoms with Gasteiger partial charge in [0.1, 0.15) is 5.52 Å². The average molecular weight is 413 g/mol. The van der Waals surface area contributed by atoms with Gasteiger partial charge >= 0.3 is 0 Å². The van der Waals surface area contributed by atoms with E-state index in [4.69, 9.17) is 4.52 Å². The molecular weight excluding hydrogens is 388 g/mol. The maximum atomic E-state index is 13.3. The molecule has 3 aromatic rings. The Morgan fingerprint density at radius 3 is 2.69 bits per heavy atom. The van der Waals surface area contributed by atoms with E-state index in [1.54, 1.807) is 23.1 Å². The Kier molecular flexibility index (Phi) is 5.41. The number of rotatable bonds is 6.